The smallest absolute Gasteiger partial charge is 0.180 e. The third-order valence-electron chi connectivity index (χ3n) is 9.43. The Morgan fingerprint density at radius 1 is 0.651 bits per heavy atom. The second kappa shape index (κ2) is 8.85. The van der Waals surface area contributed by atoms with Gasteiger partial charge in [0.05, 0.1) is 5.39 Å². The highest BCUT2D eigenvalue weighted by atomic mass is 16.3. The first kappa shape index (κ1) is 24.3. The van der Waals surface area contributed by atoms with E-state index in [1.165, 1.54) is 22.3 Å². The lowest BCUT2D eigenvalue weighted by Gasteiger charge is -2.30. The maximum Gasteiger partial charge on any atom is 0.180 e. The van der Waals surface area contributed by atoms with E-state index >= 15 is 0 Å². The van der Waals surface area contributed by atoms with E-state index in [-0.39, 0.29) is 5.41 Å². The number of fused-ring (bicyclic) bond motifs is 10. The molecule has 0 amide bonds. The van der Waals surface area contributed by atoms with E-state index in [1.54, 1.807) is 0 Å². The van der Waals surface area contributed by atoms with Crippen molar-refractivity contribution in [3.63, 3.8) is 0 Å². The third kappa shape index (κ3) is 3.25. The normalized spacial score (nSPS) is 13.7. The molecule has 4 aromatic carbocycles. The minimum absolute atomic E-state index is 0.141. The molecule has 4 heterocycles. The molecule has 0 bridgehead atoms. The lowest BCUT2D eigenvalue weighted by atomic mass is 9.72. The molecule has 0 fully saturated rings. The van der Waals surface area contributed by atoms with Gasteiger partial charge in [0.1, 0.15) is 27.9 Å². The van der Waals surface area contributed by atoms with E-state index in [0.717, 1.165) is 68.2 Å². The maximum absolute atomic E-state index is 6.33. The summed E-state index contributed by atoms with van der Waals surface area (Å²) in [6, 6.07) is 33.3. The number of hydrogen-bond donors (Lipinski definition) is 0. The van der Waals surface area contributed by atoms with Crippen molar-refractivity contribution in [1.29, 1.82) is 0 Å². The van der Waals surface area contributed by atoms with Crippen LogP contribution in [-0.4, -0.2) is 15.0 Å². The number of hydrogen-bond acceptors (Lipinski definition) is 5. The van der Waals surface area contributed by atoms with Crippen LogP contribution in [0.3, 0.4) is 0 Å². The second-order valence-corrected chi connectivity index (χ2v) is 11.4. The number of para-hydroxylation sites is 1. The van der Waals surface area contributed by atoms with Gasteiger partial charge in [-0.05, 0) is 71.5 Å². The second-order valence-electron chi connectivity index (χ2n) is 11.4. The fourth-order valence-corrected chi connectivity index (χ4v) is 7.36. The van der Waals surface area contributed by atoms with E-state index in [1.807, 2.05) is 54.7 Å². The minimum atomic E-state index is -0.141. The van der Waals surface area contributed by atoms with Gasteiger partial charge in [0.15, 0.2) is 17.0 Å². The van der Waals surface area contributed by atoms with Crippen molar-refractivity contribution >= 4 is 44.1 Å². The van der Waals surface area contributed by atoms with Crippen molar-refractivity contribution in [3.05, 3.63) is 114 Å². The molecule has 0 radical (unpaired) electrons. The van der Waals surface area contributed by atoms with E-state index in [9.17, 15) is 0 Å². The van der Waals surface area contributed by atoms with Crippen LogP contribution in [0.2, 0.25) is 0 Å². The first-order valence-corrected chi connectivity index (χ1v) is 14.9. The van der Waals surface area contributed by atoms with Crippen LogP contribution in [0.15, 0.2) is 112 Å². The lowest BCUT2D eigenvalue weighted by Crippen LogP contribution is -2.23. The van der Waals surface area contributed by atoms with Crippen molar-refractivity contribution in [1.82, 2.24) is 15.0 Å². The molecular formula is C38H27N3O2. The van der Waals surface area contributed by atoms with Crippen molar-refractivity contribution in [2.24, 2.45) is 0 Å². The number of benzene rings is 4. The predicted octanol–water partition coefficient (Wildman–Crippen LogP) is 10.1. The summed E-state index contributed by atoms with van der Waals surface area (Å²) in [7, 11) is 0. The summed E-state index contributed by atoms with van der Waals surface area (Å²) in [5.41, 5.74) is 12.8. The summed E-state index contributed by atoms with van der Waals surface area (Å²) in [5.74, 6) is 0.684. The van der Waals surface area contributed by atoms with Crippen molar-refractivity contribution in [2.75, 3.05) is 0 Å². The number of pyridine rings is 1. The van der Waals surface area contributed by atoms with Gasteiger partial charge in [-0.25, -0.2) is 9.97 Å². The Morgan fingerprint density at radius 3 is 2.33 bits per heavy atom. The molecule has 1 aliphatic carbocycles. The van der Waals surface area contributed by atoms with E-state index in [4.69, 9.17) is 23.8 Å². The maximum atomic E-state index is 6.33. The van der Waals surface area contributed by atoms with Gasteiger partial charge in [-0.1, -0.05) is 74.5 Å². The SMILES string of the molecule is CCC1(CC)c2ccc(-c3nc(-c4ccccc4)c4oc5ccccc5c4n3)cc2-c2ccc3oc4cccnc4c3c21. The van der Waals surface area contributed by atoms with Crippen LogP contribution >= 0.6 is 0 Å². The van der Waals surface area contributed by atoms with Gasteiger partial charge in [-0.2, -0.15) is 0 Å². The Morgan fingerprint density at radius 2 is 1.47 bits per heavy atom. The minimum Gasteiger partial charge on any atom is -0.454 e. The predicted molar refractivity (Wildman–Crippen MR) is 172 cm³/mol. The van der Waals surface area contributed by atoms with Crippen LogP contribution in [0.25, 0.3) is 77.9 Å². The molecule has 0 spiro atoms. The van der Waals surface area contributed by atoms with Gasteiger partial charge in [0.2, 0.25) is 0 Å². The molecule has 0 aliphatic heterocycles. The van der Waals surface area contributed by atoms with E-state index < -0.39 is 0 Å². The molecule has 1 aliphatic rings. The monoisotopic (exact) mass is 557 g/mol. The molecule has 8 aromatic rings. The van der Waals surface area contributed by atoms with Gasteiger partial charge >= 0.3 is 0 Å². The van der Waals surface area contributed by atoms with Crippen LogP contribution in [0.4, 0.5) is 0 Å². The highest BCUT2D eigenvalue weighted by Crippen LogP contribution is 2.56. The first-order chi connectivity index (χ1) is 21.2. The molecule has 0 unspecified atom stereocenters. The molecule has 0 saturated heterocycles. The van der Waals surface area contributed by atoms with Gasteiger partial charge < -0.3 is 8.83 Å². The van der Waals surface area contributed by atoms with Gasteiger partial charge in [0, 0.05) is 28.1 Å². The summed E-state index contributed by atoms with van der Waals surface area (Å²) >= 11 is 0. The fraction of sp³-hybridized carbons (Fsp3) is 0.132. The molecule has 206 valence electrons. The van der Waals surface area contributed by atoms with E-state index in [2.05, 4.69) is 62.4 Å². The first-order valence-electron chi connectivity index (χ1n) is 14.9. The number of nitrogens with zero attached hydrogens (tertiary/aromatic N) is 3. The fourth-order valence-electron chi connectivity index (χ4n) is 7.36. The highest BCUT2D eigenvalue weighted by molar-refractivity contribution is 6.10. The Labute approximate surface area is 247 Å². The van der Waals surface area contributed by atoms with Crippen LogP contribution in [0, 0.1) is 0 Å². The Hall–Kier alpha value is -5.29. The Bertz CT molecular complexity index is 2380. The summed E-state index contributed by atoms with van der Waals surface area (Å²) in [6.45, 7) is 4.58. The van der Waals surface area contributed by atoms with Gasteiger partial charge in [-0.3, -0.25) is 4.98 Å². The molecule has 5 heteroatoms. The molecule has 0 atom stereocenters. The van der Waals surface area contributed by atoms with Crippen LogP contribution in [-0.2, 0) is 5.41 Å². The lowest BCUT2D eigenvalue weighted by molar-refractivity contribution is 0.494. The van der Waals surface area contributed by atoms with Crippen molar-refractivity contribution < 1.29 is 8.83 Å². The molecule has 0 N–H and O–H groups in total. The van der Waals surface area contributed by atoms with Crippen molar-refractivity contribution in [2.45, 2.75) is 32.1 Å². The Kier molecular flexibility index (Phi) is 5.01. The molecule has 0 saturated carbocycles. The van der Waals surface area contributed by atoms with Crippen LogP contribution in [0.1, 0.15) is 37.8 Å². The third-order valence-corrected chi connectivity index (χ3v) is 9.43. The highest BCUT2D eigenvalue weighted by Gasteiger charge is 2.43. The topological polar surface area (TPSA) is 65.0 Å². The summed E-state index contributed by atoms with van der Waals surface area (Å²) in [4.78, 5) is 15.1. The largest absolute Gasteiger partial charge is 0.454 e. The number of furan rings is 2. The van der Waals surface area contributed by atoms with Crippen molar-refractivity contribution in [3.8, 4) is 33.8 Å². The molecule has 5 nitrogen and oxygen atoms in total. The number of aromatic nitrogens is 3. The zero-order valence-corrected chi connectivity index (χ0v) is 23.9. The summed E-state index contributed by atoms with van der Waals surface area (Å²) in [5, 5.41) is 2.12. The van der Waals surface area contributed by atoms with Crippen LogP contribution < -0.4 is 0 Å². The molecule has 9 rings (SSSR count). The molecule has 43 heavy (non-hydrogen) atoms. The Balaban J connectivity index is 1.32. The summed E-state index contributed by atoms with van der Waals surface area (Å²) in [6.07, 6.45) is 3.81. The zero-order valence-electron chi connectivity index (χ0n) is 23.9. The molecular weight excluding hydrogens is 530 g/mol. The summed E-state index contributed by atoms with van der Waals surface area (Å²) < 4.78 is 12.6. The zero-order chi connectivity index (χ0) is 28.7. The molecule has 4 aromatic heterocycles. The quantitative estimate of drug-likeness (QED) is 0.215. The standard InChI is InChI=1S/C38H27N3O2/c1-3-38(4-2)27-18-16-23(21-26(27)24-17-19-29-31(32(24)38)35-30(42-29)15-10-20-39-35)37-40-33(22-11-6-5-7-12-22)36-34(41-37)25-13-8-9-14-28(25)43-36/h5-21H,3-4H2,1-2H3. The van der Waals surface area contributed by atoms with Gasteiger partial charge in [-0.15, -0.1) is 0 Å². The van der Waals surface area contributed by atoms with E-state index in [0.29, 0.717) is 11.4 Å². The average molecular weight is 558 g/mol. The van der Waals surface area contributed by atoms with Crippen LogP contribution in [0.5, 0.6) is 0 Å². The number of rotatable bonds is 4. The van der Waals surface area contributed by atoms with Gasteiger partial charge in [0.25, 0.3) is 0 Å². The average Bonchev–Trinajstić information content (AvgIpc) is 3.72.